The summed E-state index contributed by atoms with van der Waals surface area (Å²) in [5.41, 5.74) is 0. The van der Waals surface area contributed by atoms with Crippen LogP contribution in [0.4, 0.5) is 0 Å². The van der Waals surface area contributed by atoms with Crippen LogP contribution in [-0.4, -0.2) is 41.1 Å². The van der Waals surface area contributed by atoms with E-state index in [0.29, 0.717) is 0 Å². The molecular formula is C6H16OS2. The Labute approximate surface area is 62.7 Å². The summed E-state index contributed by atoms with van der Waals surface area (Å²) in [4.78, 5) is 0. The molecule has 0 fully saturated rings. The lowest BCUT2D eigenvalue weighted by Crippen LogP contribution is -2.11. The van der Waals surface area contributed by atoms with Crippen molar-refractivity contribution in [3.8, 4) is 0 Å². The molecule has 1 unspecified atom stereocenters. The average molecular weight is 168 g/mol. The summed E-state index contributed by atoms with van der Waals surface area (Å²) >= 11 is -0.591. The second-order valence-corrected chi connectivity index (χ2v) is 9.22. The van der Waals surface area contributed by atoms with E-state index in [2.05, 4.69) is 18.8 Å². The van der Waals surface area contributed by atoms with Crippen molar-refractivity contribution in [1.29, 1.82) is 0 Å². The molecule has 1 nitrogen and oxygen atoms in total. The highest BCUT2D eigenvalue weighted by Gasteiger charge is 2.06. The molecule has 0 spiro atoms. The first-order valence-corrected chi connectivity index (χ1v) is 7.63. The van der Waals surface area contributed by atoms with Crippen LogP contribution in [0.25, 0.3) is 0 Å². The SMILES string of the molecule is C[S+]([O-])CCS(C)(C)C. The fourth-order valence-electron chi connectivity index (χ4n) is 0.367. The van der Waals surface area contributed by atoms with Crippen molar-refractivity contribution in [3.05, 3.63) is 0 Å². The normalized spacial score (nSPS) is 17.4. The maximum atomic E-state index is 10.6. The molecule has 0 heterocycles. The van der Waals surface area contributed by atoms with Crippen LogP contribution in [0, 0.1) is 0 Å². The standard InChI is InChI=1S/C6H16OS2/c1-8(7)5-6-9(2,3)4/h5-6H2,1-4H3. The first-order chi connectivity index (χ1) is 3.92. The smallest absolute Gasteiger partial charge is 0.112 e. The lowest BCUT2D eigenvalue weighted by molar-refractivity contribution is 0.602. The van der Waals surface area contributed by atoms with Crippen molar-refractivity contribution in [2.45, 2.75) is 0 Å². The fraction of sp³-hybridized carbons (Fsp3) is 1.00. The molecule has 0 N–H and O–H groups in total. The quantitative estimate of drug-likeness (QED) is 0.578. The van der Waals surface area contributed by atoms with Gasteiger partial charge in [0.1, 0.15) is 5.75 Å². The summed E-state index contributed by atoms with van der Waals surface area (Å²) in [6, 6.07) is 0. The molecule has 0 amide bonds. The minimum atomic E-state index is -0.591. The summed E-state index contributed by atoms with van der Waals surface area (Å²) < 4.78 is 10.6. The Hall–Kier alpha value is 0.660. The lowest BCUT2D eigenvalue weighted by Gasteiger charge is -2.24. The molecule has 0 bridgehead atoms. The van der Waals surface area contributed by atoms with E-state index in [9.17, 15) is 4.55 Å². The van der Waals surface area contributed by atoms with Crippen molar-refractivity contribution in [2.75, 3.05) is 36.5 Å². The van der Waals surface area contributed by atoms with Crippen LogP contribution in [0.15, 0.2) is 0 Å². The van der Waals surface area contributed by atoms with Crippen molar-refractivity contribution < 1.29 is 4.55 Å². The van der Waals surface area contributed by atoms with Crippen molar-refractivity contribution in [1.82, 2.24) is 0 Å². The van der Waals surface area contributed by atoms with Gasteiger partial charge in [-0.3, -0.25) is 0 Å². The number of hydrogen-bond donors (Lipinski definition) is 0. The second-order valence-electron chi connectivity index (χ2n) is 3.07. The maximum absolute atomic E-state index is 10.6. The molecular weight excluding hydrogens is 152 g/mol. The predicted octanol–water partition coefficient (Wildman–Crippen LogP) is 1.06. The molecule has 0 aromatic rings. The third-order valence-electron chi connectivity index (χ3n) is 0.983. The molecule has 0 rings (SSSR count). The summed E-state index contributed by atoms with van der Waals surface area (Å²) in [6.07, 6.45) is 8.52. The Morgan fingerprint density at radius 3 is 1.89 bits per heavy atom. The van der Waals surface area contributed by atoms with E-state index >= 15 is 0 Å². The van der Waals surface area contributed by atoms with E-state index in [4.69, 9.17) is 0 Å². The maximum Gasteiger partial charge on any atom is 0.112 e. The van der Waals surface area contributed by atoms with E-state index in [1.807, 2.05) is 0 Å². The highest BCUT2D eigenvalue weighted by molar-refractivity contribution is 8.32. The molecule has 3 heteroatoms. The van der Waals surface area contributed by atoms with E-state index < -0.39 is 21.2 Å². The van der Waals surface area contributed by atoms with Gasteiger partial charge in [0, 0.05) is 5.75 Å². The molecule has 58 valence electrons. The first-order valence-electron chi connectivity index (χ1n) is 2.88. The summed E-state index contributed by atoms with van der Waals surface area (Å²) in [6.45, 7) is 0. The highest BCUT2D eigenvalue weighted by atomic mass is 32.3. The Kier molecular flexibility index (Phi) is 4.01. The first kappa shape index (κ1) is 9.66. The van der Waals surface area contributed by atoms with Gasteiger partial charge in [0.25, 0.3) is 0 Å². The van der Waals surface area contributed by atoms with Crippen molar-refractivity contribution in [2.24, 2.45) is 0 Å². The summed E-state index contributed by atoms with van der Waals surface area (Å²) in [5, 5.41) is 0. The van der Waals surface area contributed by atoms with Crippen LogP contribution in [0.1, 0.15) is 0 Å². The van der Waals surface area contributed by atoms with Crippen LogP contribution < -0.4 is 0 Å². The molecule has 0 aromatic carbocycles. The fourth-order valence-corrected chi connectivity index (χ4v) is 3.31. The topological polar surface area (TPSA) is 23.1 Å². The molecule has 0 aliphatic carbocycles. The van der Waals surface area contributed by atoms with Gasteiger partial charge >= 0.3 is 0 Å². The summed E-state index contributed by atoms with van der Waals surface area (Å²) in [7, 11) is -0.412. The van der Waals surface area contributed by atoms with Gasteiger partial charge in [0.15, 0.2) is 0 Å². The zero-order chi connectivity index (χ0) is 7.49. The van der Waals surface area contributed by atoms with Crippen LogP contribution in [0.2, 0.25) is 0 Å². The Morgan fingerprint density at radius 2 is 1.78 bits per heavy atom. The van der Waals surface area contributed by atoms with E-state index in [-0.39, 0.29) is 0 Å². The van der Waals surface area contributed by atoms with E-state index in [1.54, 1.807) is 6.26 Å². The second kappa shape index (κ2) is 3.74. The van der Waals surface area contributed by atoms with Gasteiger partial charge in [-0.05, 0) is 18.8 Å². The van der Waals surface area contributed by atoms with Crippen molar-refractivity contribution in [3.63, 3.8) is 0 Å². The largest absolute Gasteiger partial charge is 0.617 e. The van der Waals surface area contributed by atoms with Crippen LogP contribution in [-0.2, 0) is 11.2 Å². The van der Waals surface area contributed by atoms with Crippen LogP contribution >= 0.6 is 10.0 Å². The third kappa shape index (κ3) is 8.66. The van der Waals surface area contributed by atoms with Gasteiger partial charge in [0.05, 0.1) is 6.26 Å². The minimum Gasteiger partial charge on any atom is -0.617 e. The van der Waals surface area contributed by atoms with E-state index in [1.165, 1.54) is 0 Å². The van der Waals surface area contributed by atoms with Gasteiger partial charge in [-0.25, -0.2) is 10.0 Å². The molecule has 1 atom stereocenters. The van der Waals surface area contributed by atoms with Crippen molar-refractivity contribution >= 4 is 21.2 Å². The predicted molar refractivity (Wildman–Crippen MR) is 49.2 cm³/mol. The van der Waals surface area contributed by atoms with E-state index in [0.717, 1.165) is 11.5 Å². The monoisotopic (exact) mass is 168 g/mol. The molecule has 0 saturated heterocycles. The van der Waals surface area contributed by atoms with Gasteiger partial charge in [-0.1, -0.05) is 11.2 Å². The number of rotatable bonds is 3. The molecule has 0 aliphatic heterocycles. The van der Waals surface area contributed by atoms with Gasteiger partial charge in [-0.2, -0.15) is 0 Å². The third-order valence-corrected chi connectivity index (χ3v) is 3.45. The molecule has 0 aliphatic rings. The van der Waals surface area contributed by atoms with Gasteiger partial charge < -0.3 is 4.55 Å². The number of hydrogen-bond acceptors (Lipinski definition) is 1. The lowest BCUT2D eigenvalue weighted by atomic mass is 11.0. The Balaban J connectivity index is 3.28. The average Bonchev–Trinajstić information content (AvgIpc) is 1.59. The molecule has 0 aromatic heterocycles. The van der Waals surface area contributed by atoms with Gasteiger partial charge in [-0.15, -0.1) is 0 Å². The zero-order valence-corrected chi connectivity index (χ0v) is 8.27. The molecule has 0 radical (unpaired) electrons. The zero-order valence-electron chi connectivity index (χ0n) is 6.64. The Bertz CT molecular complexity index is 75.6. The summed E-state index contributed by atoms with van der Waals surface area (Å²) in [5.74, 6) is 2.01. The molecule has 0 saturated carbocycles. The van der Waals surface area contributed by atoms with Crippen LogP contribution in [0.5, 0.6) is 0 Å². The minimum absolute atomic E-state index is 0.412. The molecule has 9 heavy (non-hydrogen) atoms. The Morgan fingerprint density at radius 1 is 1.33 bits per heavy atom. The van der Waals surface area contributed by atoms with Gasteiger partial charge in [0.2, 0.25) is 0 Å². The van der Waals surface area contributed by atoms with Crippen LogP contribution in [0.3, 0.4) is 0 Å². The highest BCUT2D eigenvalue weighted by Crippen LogP contribution is 2.33.